The number of aryl methyl sites for hydroxylation is 2. The summed E-state index contributed by atoms with van der Waals surface area (Å²) < 4.78 is 18.0. The van der Waals surface area contributed by atoms with Crippen molar-refractivity contribution in [3.05, 3.63) is 83.2 Å². The van der Waals surface area contributed by atoms with Crippen molar-refractivity contribution < 1.29 is 13.9 Å². The van der Waals surface area contributed by atoms with Gasteiger partial charge in [0.1, 0.15) is 5.82 Å². The Balaban J connectivity index is 1.86. The molecule has 0 fully saturated rings. The Bertz CT molecular complexity index is 1060. The molecule has 0 spiro atoms. The lowest BCUT2D eigenvalue weighted by atomic mass is 10.1. The molecular formula is C23H21FN2O2S2. The summed E-state index contributed by atoms with van der Waals surface area (Å²) in [5, 5.41) is 6.74. The standard InChI is InChI=1S/C23H21FN2O2S2/c1-14-10-15(2)12-18(11-14)25-23(29)26-20-13-16(22(27)28-3)4-9-21(20)30-19-7-5-17(24)6-8-19/h4-13H,1-3H3,(H2,25,26,29). The lowest BCUT2D eigenvalue weighted by Crippen LogP contribution is -2.20. The number of halogens is 1. The Labute approximate surface area is 184 Å². The van der Waals surface area contributed by atoms with E-state index in [9.17, 15) is 9.18 Å². The van der Waals surface area contributed by atoms with Gasteiger partial charge in [0, 0.05) is 15.5 Å². The van der Waals surface area contributed by atoms with Gasteiger partial charge in [-0.05, 0) is 91.8 Å². The second-order valence-electron chi connectivity index (χ2n) is 6.71. The number of rotatable bonds is 5. The summed E-state index contributed by atoms with van der Waals surface area (Å²) in [4.78, 5) is 13.7. The predicted molar refractivity (Wildman–Crippen MR) is 124 cm³/mol. The van der Waals surface area contributed by atoms with Gasteiger partial charge in [-0.3, -0.25) is 0 Å². The van der Waals surface area contributed by atoms with Gasteiger partial charge in [0.2, 0.25) is 0 Å². The van der Waals surface area contributed by atoms with Crippen LogP contribution in [0.4, 0.5) is 15.8 Å². The fourth-order valence-electron chi connectivity index (χ4n) is 2.92. The fraction of sp³-hybridized carbons (Fsp3) is 0.130. The molecule has 0 saturated heterocycles. The van der Waals surface area contributed by atoms with Gasteiger partial charge in [0.05, 0.1) is 18.4 Å². The van der Waals surface area contributed by atoms with Crippen molar-refractivity contribution in [1.82, 2.24) is 0 Å². The molecule has 0 aliphatic carbocycles. The average molecular weight is 441 g/mol. The lowest BCUT2D eigenvalue weighted by molar-refractivity contribution is 0.0600. The number of carbonyl (C=O) groups excluding carboxylic acids is 1. The fourth-order valence-corrected chi connectivity index (χ4v) is 4.03. The third kappa shape index (κ3) is 5.81. The van der Waals surface area contributed by atoms with Crippen LogP contribution < -0.4 is 10.6 Å². The van der Waals surface area contributed by atoms with Crippen LogP contribution in [0.15, 0.2) is 70.5 Å². The predicted octanol–water partition coefficient (Wildman–Crippen LogP) is 6.19. The van der Waals surface area contributed by atoms with Crippen LogP contribution in [-0.2, 0) is 4.74 Å². The van der Waals surface area contributed by atoms with Gasteiger partial charge in [-0.1, -0.05) is 17.8 Å². The van der Waals surface area contributed by atoms with E-state index in [1.54, 1.807) is 24.3 Å². The minimum absolute atomic E-state index is 0.294. The van der Waals surface area contributed by atoms with Crippen LogP contribution in [0.1, 0.15) is 21.5 Å². The number of methoxy groups -OCH3 is 1. The van der Waals surface area contributed by atoms with Crippen LogP contribution in [0.2, 0.25) is 0 Å². The minimum Gasteiger partial charge on any atom is -0.465 e. The summed E-state index contributed by atoms with van der Waals surface area (Å²) in [6, 6.07) is 17.5. The molecule has 4 nitrogen and oxygen atoms in total. The summed E-state index contributed by atoms with van der Waals surface area (Å²) in [7, 11) is 1.34. The molecule has 0 aromatic heterocycles. The van der Waals surface area contributed by atoms with E-state index in [2.05, 4.69) is 16.7 Å². The second-order valence-corrected chi connectivity index (χ2v) is 8.24. The summed E-state index contributed by atoms with van der Waals surface area (Å²) in [5.74, 6) is -0.734. The Morgan fingerprint density at radius 1 is 0.967 bits per heavy atom. The zero-order chi connectivity index (χ0) is 21.7. The second kappa shape index (κ2) is 9.73. The van der Waals surface area contributed by atoms with Crippen molar-refractivity contribution in [3.8, 4) is 0 Å². The molecule has 3 rings (SSSR count). The lowest BCUT2D eigenvalue weighted by Gasteiger charge is -2.16. The van der Waals surface area contributed by atoms with Gasteiger partial charge in [-0.15, -0.1) is 0 Å². The Morgan fingerprint density at radius 3 is 2.27 bits per heavy atom. The number of thiocarbonyl (C=S) groups is 1. The van der Waals surface area contributed by atoms with Gasteiger partial charge in [0.25, 0.3) is 0 Å². The maximum Gasteiger partial charge on any atom is 0.337 e. The number of hydrogen-bond acceptors (Lipinski definition) is 4. The molecule has 0 unspecified atom stereocenters. The highest BCUT2D eigenvalue weighted by atomic mass is 32.2. The number of carbonyl (C=O) groups is 1. The average Bonchev–Trinajstić information content (AvgIpc) is 2.69. The van der Waals surface area contributed by atoms with Gasteiger partial charge < -0.3 is 15.4 Å². The third-order valence-corrected chi connectivity index (χ3v) is 5.46. The van der Waals surface area contributed by atoms with E-state index in [-0.39, 0.29) is 5.82 Å². The van der Waals surface area contributed by atoms with Crippen LogP contribution in [0.25, 0.3) is 0 Å². The molecular weight excluding hydrogens is 419 g/mol. The summed E-state index contributed by atoms with van der Waals surface area (Å²) in [5.41, 5.74) is 4.18. The van der Waals surface area contributed by atoms with Gasteiger partial charge >= 0.3 is 5.97 Å². The largest absolute Gasteiger partial charge is 0.465 e. The summed E-state index contributed by atoms with van der Waals surface area (Å²) in [6.07, 6.45) is 0. The SMILES string of the molecule is COC(=O)c1ccc(Sc2ccc(F)cc2)c(NC(=S)Nc2cc(C)cc(C)c2)c1. The Kier molecular flexibility index (Phi) is 7.07. The Morgan fingerprint density at radius 2 is 1.63 bits per heavy atom. The molecule has 0 amide bonds. The molecule has 0 heterocycles. The molecule has 3 aromatic rings. The van der Waals surface area contributed by atoms with E-state index in [1.807, 2.05) is 32.0 Å². The number of ether oxygens (including phenoxy) is 1. The molecule has 7 heteroatoms. The highest BCUT2D eigenvalue weighted by molar-refractivity contribution is 7.99. The highest BCUT2D eigenvalue weighted by Gasteiger charge is 2.13. The van der Waals surface area contributed by atoms with Crippen molar-refractivity contribution in [3.63, 3.8) is 0 Å². The zero-order valence-electron chi connectivity index (χ0n) is 16.8. The van der Waals surface area contributed by atoms with E-state index >= 15 is 0 Å². The van der Waals surface area contributed by atoms with E-state index in [4.69, 9.17) is 17.0 Å². The van der Waals surface area contributed by atoms with Crippen molar-refractivity contribution in [1.29, 1.82) is 0 Å². The summed E-state index contributed by atoms with van der Waals surface area (Å²) >= 11 is 6.92. The van der Waals surface area contributed by atoms with Crippen LogP contribution in [-0.4, -0.2) is 18.2 Å². The molecule has 154 valence electrons. The molecule has 3 aromatic carbocycles. The zero-order valence-corrected chi connectivity index (χ0v) is 18.4. The smallest absolute Gasteiger partial charge is 0.337 e. The first-order valence-electron chi connectivity index (χ1n) is 9.16. The quantitative estimate of drug-likeness (QED) is 0.364. The van der Waals surface area contributed by atoms with E-state index in [0.717, 1.165) is 26.6 Å². The molecule has 30 heavy (non-hydrogen) atoms. The maximum absolute atomic E-state index is 13.2. The van der Waals surface area contributed by atoms with Crippen molar-refractivity contribution in [2.75, 3.05) is 17.7 Å². The first kappa shape index (κ1) is 21.8. The number of nitrogens with one attached hydrogen (secondary N) is 2. The minimum atomic E-state index is -0.440. The number of benzene rings is 3. The van der Waals surface area contributed by atoms with Crippen molar-refractivity contribution in [2.24, 2.45) is 0 Å². The molecule has 0 aliphatic rings. The van der Waals surface area contributed by atoms with Gasteiger partial charge in [0.15, 0.2) is 5.11 Å². The third-order valence-electron chi connectivity index (χ3n) is 4.17. The van der Waals surface area contributed by atoms with Crippen LogP contribution >= 0.6 is 24.0 Å². The highest BCUT2D eigenvalue weighted by Crippen LogP contribution is 2.34. The van der Waals surface area contributed by atoms with Gasteiger partial charge in [-0.2, -0.15) is 0 Å². The molecule has 0 saturated carbocycles. The van der Waals surface area contributed by atoms with E-state index in [1.165, 1.54) is 31.0 Å². The Hall–Kier alpha value is -2.90. The maximum atomic E-state index is 13.2. The monoisotopic (exact) mass is 440 g/mol. The molecule has 0 bridgehead atoms. The normalized spacial score (nSPS) is 10.4. The van der Waals surface area contributed by atoms with Crippen LogP contribution in [0, 0.1) is 19.7 Å². The van der Waals surface area contributed by atoms with E-state index < -0.39 is 5.97 Å². The van der Waals surface area contributed by atoms with E-state index in [0.29, 0.717) is 16.4 Å². The number of hydrogen-bond donors (Lipinski definition) is 2. The first-order chi connectivity index (χ1) is 14.3. The number of esters is 1. The van der Waals surface area contributed by atoms with Crippen LogP contribution in [0.5, 0.6) is 0 Å². The molecule has 0 aliphatic heterocycles. The molecule has 0 radical (unpaired) electrons. The molecule has 2 N–H and O–H groups in total. The molecule has 0 atom stereocenters. The topological polar surface area (TPSA) is 50.4 Å². The first-order valence-corrected chi connectivity index (χ1v) is 10.4. The van der Waals surface area contributed by atoms with Crippen molar-refractivity contribution >= 4 is 46.4 Å². The summed E-state index contributed by atoms with van der Waals surface area (Å²) in [6.45, 7) is 4.04. The van der Waals surface area contributed by atoms with Crippen molar-refractivity contribution in [2.45, 2.75) is 23.6 Å². The van der Waals surface area contributed by atoms with Gasteiger partial charge in [-0.25, -0.2) is 9.18 Å². The number of anilines is 2. The van der Waals surface area contributed by atoms with Crippen LogP contribution in [0.3, 0.4) is 0 Å².